The van der Waals surface area contributed by atoms with Gasteiger partial charge in [0.25, 0.3) is 11.7 Å². The van der Waals surface area contributed by atoms with E-state index in [1.807, 2.05) is 35.2 Å². The van der Waals surface area contributed by atoms with Gasteiger partial charge in [0.1, 0.15) is 17.6 Å². The van der Waals surface area contributed by atoms with Gasteiger partial charge in [0.05, 0.1) is 41.2 Å². The summed E-state index contributed by atoms with van der Waals surface area (Å²) >= 11 is 0. The van der Waals surface area contributed by atoms with Crippen LogP contribution < -0.4 is 15.0 Å². The number of amides is 1. The highest BCUT2D eigenvalue weighted by atomic mass is 16.7. The topological polar surface area (TPSA) is 184 Å². The van der Waals surface area contributed by atoms with Crippen LogP contribution in [0.25, 0.3) is 10.8 Å². The molecular weight excluding hydrogens is 744 g/mol. The number of fused-ring (bicyclic) bond motifs is 14. The minimum atomic E-state index is -1.94. The number of Topliss-reactive ketones (excluding diaryl/α,β-unsaturated/α-hetero) is 1. The number of phenols is 2. The van der Waals surface area contributed by atoms with E-state index in [0.717, 1.165) is 5.56 Å². The molecular formula is C45H56N2O11. The first kappa shape index (κ1) is 43.7. The van der Waals surface area contributed by atoms with Crippen molar-refractivity contribution in [3.05, 3.63) is 89.2 Å². The van der Waals surface area contributed by atoms with E-state index in [1.54, 1.807) is 79.0 Å². The van der Waals surface area contributed by atoms with Crippen molar-refractivity contribution in [2.45, 2.75) is 92.1 Å². The van der Waals surface area contributed by atoms with Crippen LogP contribution in [-0.4, -0.2) is 82.4 Å². The summed E-state index contributed by atoms with van der Waals surface area (Å²) in [6.45, 7) is 13.2. The molecule has 1 amide bonds. The molecule has 3 heterocycles. The summed E-state index contributed by atoms with van der Waals surface area (Å²) in [5.74, 6) is -6.75. The molecule has 0 aliphatic carbocycles. The average Bonchev–Trinajstić information content (AvgIpc) is 3.46. The predicted octanol–water partition coefficient (Wildman–Crippen LogP) is 6.68. The first-order chi connectivity index (χ1) is 27.3. The number of aromatic hydroxyl groups is 2. The molecule has 312 valence electrons. The zero-order chi connectivity index (χ0) is 42.8. The third-order valence-corrected chi connectivity index (χ3v) is 11.5. The quantitative estimate of drug-likeness (QED) is 0.136. The van der Waals surface area contributed by atoms with Gasteiger partial charge in [-0.1, -0.05) is 76.3 Å². The number of aliphatic hydroxyl groups is 2. The third kappa shape index (κ3) is 8.57. The molecule has 58 heavy (non-hydrogen) atoms. The largest absolute Gasteiger partial charge is 0.507 e. The zero-order valence-electron chi connectivity index (χ0n) is 34.8. The van der Waals surface area contributed by atoms with E-state index in [2.05, 4.69) is 5.32 Å². The Morgan fingerprint density at radius 1 is 0.948 bits per heavy atom. The number of methoxy groups -OCH3 is 1. The van der Waals surface area contributed by atoms with E-state index in [9.17, 15) is 34.8 Å². The van der Waals surface area contributed by atoms with Crippen LogP contribution in [0.15, 0.2) is 72.5 Å². The molecule has 13 heteroatoms. The molecule has 5 N–H and O–H groups in total. The molecule has 0 saturated carbocycles. The lowest BCUT2D eigenvalue weighted by atomic mass is 9.78. The standard InChI is InChI=1S/C45H56N2O11/c1-23-15-14-16-24(2)44(54)46-31-21-32(47(9)22-30-17-12-11-13-18-30)34-35(40(31)52)39(51)28(6)42-36(34)43(53)45(8,58-42)56-20-19-33(55-10)25(3)41(57-29(7)48)27(5)38(50)26(4)37(23)49/h11-21,23,25-27,33,37-38,41,49-52H,22H2,1-10H3,(H,46,54)/b15-14+,20-19+,24-16-/t23-,25+,26+,27+,33-,37-,38+,41+,45-/m0/s1. The van der Waals surface area contributed by atoms with Gasteiger partial charge in [-0.05, 0) is 31.6 Å². The lowest BCUT2D eigenvalue weighted by Gasteiger charge is -2.38. The lowest BCUT2D eigenvalue weighted by molar-refractivity contribution is -0.160. The molecule has 3 aliphatic heterocycles. The van der Waals surface area contributed by atoms with Gasteiger partial charge >= 0.3 is 11.8 Å². The molecule has 0 spiro atoms. The number of hydrogen-bond donors (Lipinski definition) is 5. The Morgan fingerprint density at radius 2 is 1.62 bits per heavy atom. The van der Waals surface area contributed by atoms with Gasteiger partial charge in [0.15, 0.2) is 5.75 Å². The fraction of sp³-hybridized carbons (Fsp3) is 0.444. The number of rotatable bonds is 5. The Bertz CT molecular complexity index is 2130. The molecule has 3 aromatic rings. The van der Waals surface area contributed by atoms with Crippen LogP contribution in [0.4, 0.5) is 11.4 Å². The molecule has 0 unspecified atom stereocenters. The van der Waals surface area contributed by atoms with Crippen LogP contribution in [0.5, 0.6) is 17.2 Å². The molecule has 0 fully saturated rings. The Morgan fingerprint density at radius 3 is 2.26 bits per heavy atom. The second-order valence-electron chi connectivity index (χ2n) is 15.8. The highest BCUT2D eigenvalue weighted by molar-refractivity contribution is 6.23. The summed E-state index contributed by atoms with van der Waals surface area (Å²) in [6.07, 6.45) is 3.96. The number of carbonyl (C=O) groups is 3. The lowest BCUT2D eigenvalue weighted by Crippen LogP contribution is -2.46. The summed E-state index contributed by atoms with van der Waals surface area (Å²) in [6, 6.07) is 11.1. The number of hydrogen-bond acceptors (Lipinski definition) is 12. The third-order valence-electron chi connectivity index (χ3n) is 11.5. The highest BCUT2D eigenvalue weighted by Gasteiger charge is 2.49. The van der Waals surface area contributed by atoms with E-state index >= 15 is 0 Å². The maximum Gasteiger partial charge on any atom is 0.312 e. The molecule has 13 nitrogen and oxygen atoms in total. The Labute approximate surface area is 339 Å². The van der Waals surface area contributed by atoms with Crippen molar-refractivity contribution >= 4 is 39.8 Å². The van der Waals surface area contributed by atoms with Gasteiger partial charge in [-0.3, -0.25) is 14.4 Å². The molecule has 0 aromatic heterocycles. The SMILES string of the molecule is CO[C@H]1/C=C/O[C@@]2(C)Oc3c(C)c(O)c4c(O)c(cc(N(C)Cc5ccccc5)c4c3C2=O)NC(=O)/C(C)=C\C=C\[C@H](C)[C@H](O)[C@@H](C)[C@@H](O)[C@@H](C)[C@H](OC(C)=O)[C@@H]1C. The fourth-order valence-electron chi connectivity index (χ4n) is 7.89. The van der Waals surface area contributed by atoms with Crippen molar-refractivity contribution in [2.24, 2.45) is 23.7 Å². The Hall–Kier alpha value is -5.37. The van der Waals surface area contributed by atoms with Crippen molar-refractivity contribution < 1.29 is 53.8 Å². The van der Waals surface area contributed by atoms with Crippen LogP contribution in [0.3, 0.4) is 0 Å². The maximum atomic E-state index is 14.6. The van der Waals surface area contributed by atoms with Gasteiger partial charge in [-0.25, -0.2) is 0 Å². The smallest absolute Gasteiger partial charge is 0.312 e. The van der Waals surface area contributed by atoms with Crippen LogP contribution in [-0.2, 0) is 30.3 Å². The molecule has 9 atom stereocenters. The normalized spacial score (nSPS) is 30.2. The van der Waals surface area contributed by atoms with Crippen molar-refractivity contribution in [1.29, 1.82) is 0 Å². The van der Waals surface area contributed by atoms with Gasteiger partial charge in [0.2, 0.25) is 0 Å². The number of anilines is 2. The molecule has 6 rings (SSSR count). The summed E-state index contributed by atoms with van der Waals surface area (Å²) < 4.78 is 23.9. The maximum absolute atomic E-state index is 14.6. The van der Waals surface area contributed by atoms with E-state index < -0.39 is 77.3 Å². The van der Waals surface area contributed by atoms with Gasteiger partial charge in [-0.15, -0.1) is 0 Å². The number of ketones is 1. The van der Waals surface area contributed by atoms with E-state index in [4.69, 9.17) is 18.9 Å². The highest BCUT2D eigenvalue weighted by Crippen LogP contribution is 2.54. The summed E-state index contributed by atoms with van der Waals surface area (Å²) in [4.78, 5) is 42.4. The first-order valence-electron chi connectivity index (χ1n) is 19.4. The Kier molecular flexibility index (Phi) is 13.3. The summed E-state index contributed by atoms with van der Waals surface area (Å²) in [7, 11) is 3.26. The van der Waals surface area contributed by atoms with Crippen LogP contribution in [0.1, 0.15) is 70.0 Å². The minimum Gasteiger partial charge on any atom is -0.507 e. The van der Waals surface area contributed by atoms with Gasteiger partial charge in [0, 0.05) is 80.4 Å². The first-order valence-corrected chi connectivity index (χ1v) is 19.4. The van der Waals surface area contributed by atoms with Crippen molar-refractivity contribution in [1.82, 2.24) is 0 Å². The molecule has 5 bridgehead atoms. The minimum absolute atomic E-state index is 0.00550. The fourth-order valence-corrected chi connectivity index (χ4v) is 7.89. The predicted molar refractivity (Wildman–Crippen MR) is 221 cm³/mol. The van der Waals surface area contributed by atoms with Crippen LogP contribution >= 0.6 is 0 Å². The van der Waals surface area contributed by atoms with E-state index in [1.165, 1.54) is 27.2 Å². The number of allylic oxidation sites excluding steroid dienone is 2. The Balaban J connectivity index is 1.70. The van der Waals surface area contributed by atoms with Crippen molar-refractivity contribution in [3.8, 4) is 17.2 Å². The number of carbonyl (C=O) groups excluding carboxylic acids is 3. The van der Waals surface area contributed by atoms with Gasteiger partial charge in [-0.2, -0.15) is 0 Å². The molecule has 3 aromatic carbocycles. The van der Waals surface area contributed by atoms with Crippen LogP contribution in [0, 0.1) is 30.6 Å². The molecule has 3 aliphatic rings. The molecule has 0 saturated heterocycles. The van der Waals surface area contributed by atoms with Crippen molar-refractivity contribution in [3.63, 3.8) is 0 Å². The monoisotopic (exact) mass is 800 g/mol. The second-order valence-corrected chi connectivity index (χ2v) is 15.8. The second kappa shape index (κ2) is 17.6. The van der Waals surface area contributed by atoms with E-state index in [-0.39, 0.29) is 44.7 Å². The number of nitrogens with one attached hydrogen (secondary N) is 1. The van der Waals surface area contributed by atoms with Gasteiger partial charge < -0.3 is 49.6 Å². The summed E-state index contributed by atoms with van der Waals surface area (Å²) in [5.41, 5.74) is 1.84. The number of phenolic OH excluding ortho intramolecular Hbond substituents is 2. The number of esters is 1. The van der Waals surface area contributed by atoms with Crippen LogP contribution in [0.2, 0.25) is 0 Å². The van der Waals surface area contributed by atoms with Crippen molar-refractivity contribution in [2.75, 3.05) is 24.4 Å². The average molecular weight is 801 g/mol. The zero-order valence-corrected chi connectivity index (χ0v) is 34.8. The summed E-state index contributed by atoms with van der Waals surface area (Å²) in [5, 5.41) is 49.3. The number of ether oxygens (including phenoxy) is 4. The van der Waals surface area contributed by atoms with E-state index in [0.29, 0.717) is 12.2 Å². The number of nitrogens with zero attached hydrogens (tertiary/aromatic N) is 1. The number of benzene rings is 3. The molecule has 0 radical (unpaired) electrons. The number of aliphatic hydroxyl groups excluding tert-OH is 2.